The summed E-state index contributed by atoms with van der Waals surface area (Å²) in [4.78, 5) is 24.3. The molecule has 6 atom stereocenters. The van der Waals surface area contributed by atoms with Crippen molar-refractivity contribution in [3.8, 4) is 0 Å². The SMILES string of the molecule is C/C=C(/C)C(=O)O[C@H]1CC[C@@H]2C[C@@]3(O)OC(=O)C(C)=C3[C@@H]3OC[C@@H]1[C@]23C. The van der Waals surface area contributed by atoms with E-state index in [1.807, 2.05) is 6.92 Å². The number of rotatable bonds is 2. The second-order valence-corrected chi connectivity index (χ2v) is 8.29. The molecule has 4 aliphatic rings. The van der Waals surface area contributed by atoms with Crippen LogP contribution in [0.25, 0.3) is 0 Å². The molecule has 6 heteroatoms. The van der Waals surface area contributed by atoms with Crippen molar-refractivity contribution >= 4 is 11.9 Å². The lowest BCUT2D eigenvalue weighted by Gasteiger charge is -2.54. The van der Waals surface area contributed by atoms with Gasteiger partial charge in [0.1, 0.15) is 6.10 Å². The topological polar surface area (TPSA) is 82.1 Å². The first-order chi connectivity index (χ1) is 12.2. The molecule has 2 aliphatic heterocycles. The van der Waals surface area contributed by atoms with Gasteiger partial charge in [0.2, 0.25) is 5.79 Å². The average Bonchev–Trinajstić information content (AvgIpc) is 3.04. The molecular weight excluding hydrogens is 336 g/mol. The Balaban J connectivity index is 1.68. The molecule has 0 spiro atoms. The van der Waals surface area contributed by atoms with Gasteiger partial charge in [-0.3, -0.25) is 0 Å². The van der Waals surface area contributed by atoms with Crippen molar-refractivity contribution in [1.29, 1.82) is 0 Å². The maximum absolute atomic E-state index is 12.3. The molecule has 1 N–H and O–H groups in total. The summed E-state index contributed by atoms with van der Waals surface area (Å²) in [5.41, 5.74) is 1.32. The molecule has 4 rings (SSSR count). The fraction of sp³-hybridized carbons (Fsp3) is 0.700. The Labute approximate surface area is 153 Å². The van der Waals surface area contributed by atoms with E-state index < -0.39 is 11.8 Å². The van der Waals surface area contributed by atoms with Crippen LogP contribution in [0.5, 0.6) is 0 Å². The van der Waals surface area contributed by atoms with E-state index in [-0.39, 0.29) is 35.4 Å². The van der Waals surface area contributed by atoms with Crippen LogP contribution in [0.3, 0.4) is 0 Å². The van der Waals surface area contributed by atoms with Crippen LogP contribution in [-0.2, 0) is 23.8 Å². The summed E-state index contributed by atoms with van der Waals surface area (Å²) >= 11 is 0. The zero-order valence-electron chi connectivity index (χ0n) is 15.7. The first kappa shape index (κ1) is 17.7. The van der Waals surface area contributed by atoms with Gasteiger partial charge in [-0.2, -0.15) is 0 Å². The third kappa shape index (κ3) is 2.18. The van der Waals surface area contributed by atoms with Crippen LogP contribution in [-0.4, -0.2) is 41.6 Å². The summed E-state index contributed by atoms with van der Waals surface area (Å²) in [6.45, 7) is 7.85. The van der Waals surface area contributed by atoms with E-state index in [9.17, 15) is 14.7 Å². The van der Waals surface area contributed by atoms with Gasteiger partial charge >= 0.3 is 11.9 Å². The maximum Gasteiger partial charge on any atom is 0.336 e. The van der Waals surface area contributed by atoms with Gasteiger partial charge in [0.05, 0.1) is 12.7 Å². The van der Waals surface area contributed by atoms with E-state index in [4.69, 9.17) is 14.2 Å². The Bertz CT molecular complexity index is 737. The Morgan fingerprint density at radius 3 is 2.81 bits per heavy atom. The van der Waals surface area contributed by atoms with Gasteiger partial charge in [-0.1, -0.05) is 13.0 Å². The molecule has 2 saturated carbocycles. The largest absolute Gasteiger partial charge is 0.459 e. The Kier molecular flexibility index (Phi) is 3.87. The van der Waals surface area contributed by atoms with Crippen LogP contribution in [0.4, 0.5) is 0 Å². The highest BCUT2D eigenvalue weighted by molar-refractivity contribution is 5.92. The predicted molar refractivity (Wildman–Crippen MR) is 91.7 cm³/mol. The van der Waals surface area contributed by atoms with Crippen molar-refractivity contribution < 1.29 is 28.9 Å². The minimum atomic E-state index is -1.55. The molecule has 6 nitrogen and oxygen atoms in total. The summed E-state index contributed by atoms with van der Waals surface area (Å²) in [6, 6.07) is 0. The van der Waals surface area contributed by atoms with E-state index in [2.05, 4.69) is 6.92 Å². The summed E-state index contributed by atoms with van der Waals surface area (Å²) < 4.78 is 17.2. The standard InChI is InChI=1S/C20H26O6/c1-5-10(2)17(21)25-14-7-6-12-8-20(23)15(11(3)18(22)26-20)16-19(12,4)13(14)9-24-16/h5,12-14,16,23H,6-9H2,1-4H3/b10-5-/t12-,13+,14+,16+,19+,20-/m1/s1. The molecule has 0 amide bonds. The van der Waals surface area contributed by atoms with Gasteiger partial charge in [-0.25, -0.2) is 9.59 Å². The van der Waals surface area contributed by atoms with Gasteiger partial charge in [0.25, 0.3) is 0 Å². The average molecular weight is 362 g/mol. The molecule has 0 unspecified atom stereocenters. The number of hydrogen-bond donors (Lipinski definition) is 1. The highest BCUT2D eigenvalue weighted by atomic mass is 16.7. The Hall–Kier alpha value is -1.66. The van der Waals surface area contributed by atoms with Gasteiger partial charge in [-0.15, -0.1) is 0 Å². The first-order valence-corrected chi connectivity index (χ1v) is 9.34. The number of carbonyl (C=O) groups is 2. The summed E-state index contributed by atoms with van der Waals surface area (Å²) in [6.07, 6.45) is 3.06. The Morgan fingerprint density at radius 1 is 1.38 bits per heavy atom. The normalized spacial score (nSPS) is 44.5. The van der Waals surface area contributed by atoms with E-state index in [0.717, 1.165) is 12.8 Å². The highest BCUT2D eigenvalue weighted by Gasteiger charge is 2.68. The number of carbonyl (C=O) groups excluding carboxylic acids is 2. The van der Waals surface area contributed by atoms with E-state index in [1.54, 1.807) is 19.9 Å². The number of fused-ring (bicyclic) bond motifs is 2. The molecule has 142 valence electrons. The molecular formula is C20H26O6. The molecule has 2 aliphatic carbocycles. The second-order valence-electron chi connectivity index (χ2n) is 8.29. The quantitative estimate of drug-likeness (QED) is 0.599. The van der Waals surface area contributed by atoms with Crippen molar-refractivity contribution in [2.75, 3.05) is 6.61 Å². The number of aliphatic hydroxyl groups is 1. The third-order valence-corrected chi connectivity index (χ3v) is 7.13. The molecule has 0 bridgehead atoms. The van der Waals surface area contributed by atoms with Gasteiger partial charge in [0.15, 0.2) is 0 Å². The maximum atomic E-state index is 12.3. The molecule has 0 radical (unpaired) electrons. The number of hydrogen-bond acceptors (Lipinski definition) is 6. The molecule has 26 heavy (non-hydrogen) atoms. The minimum Gasteiger partial charge on any atom is -0.459 e. The monoisotopic (exact) mass is 362 g/mol. The van der Waals surface area contributed by atoms with Crippen LogP contribution >= 0.6 is 0 Å². The summed E-state index contributed by atoms with van der Waals surface area (Å²) in [7, 11) is 0. The predicted octanol–water partition coefficient (Wildman–Crippen LogP) is 2.26. The van der Waals surface area contributed by atoms with Crippen LogP contribution in [0.1, 0.15) is 47.0 Å². The first-order valence-electron chi connectivity index (χ1n) is 9.34. The van der Waals surface area contributed by atoms with Gasteiger partial charge in [0, 0.05) is 34.5 Å². The van der Waals surface area contributed by atoms with E-state index >= 15 is 0 Å². The minimum absolute atomic E-state index is 0.0420. The van der Waals surface area contributed by atoms with Crippen LogP contribution in [0, 0.1) is 17.3 Å². The lowest BCUT2D eigenvalue weighted by atomic mass is 9.52. The van der Waals surface area contributed by atoms with Crippen molar-refractivity contribution in [3.63, 3.8) is 0 Å². The van der Waals surface area contributed by atoms with Crippen molar-refractivity contribution in [2.24, 2.45) is 17.3 Å². The van der Waals surface area contributed by atoms with Gasteiger partial charge < -0.3 is 19.3 Å². The van der Waals surface area contributed by atoms with E-state index in [0.29, 0.717) is 29.7 Å². The zero-order valence-corrected chi connectivity index (χ0v) is 15.7. The Morgan fingerprint density at radius 2 is 2.12 bits per heavy atom. The van der Waals surface area contributed by atoms with Gasteiger partial charge in [-0.05, 0) is 39.5 Å². The number of esters is 2. The fourth-order valence-corrected chi connectivity index (χ4v) is 5.44. The van der Waals surface area contributed by atoms with Crippen LogP contribution < -0.4 is 0 Å². The smallest absolute Gasteiger partial charge is 0.336 e. The summed E-state index contributed by atoms with van der Waals surface area (Å²) in [5.74, 6) is -2.12. The van der Waals surface area contributed by atoms with Crippen molar-refractivity contribution in [2.45, 2.75) is 65.0 Å². The number of allylic oxidation sites excluding steroid dienone is 1. The van der Waals surface area contributed by atoms with Crippen molar-refractivity contribution in [1.82, 2.24) is 0 Å². The molecule has 2 heterocycles. The lowest BCUT2D eigenvalue weighted by Crippen LogP contribution is -2.58. The summed E-state index contributed by atoms with van der Waals surface area (Å²) in [5, 5.41) is 11.0. The molecule has 0 aromatic rings. The fourth-order valence-electron chi connectivity index (χ4n) is 5.44. The molecule has 1 saturated heterocycles. The lowest BCUT2D eigenvalue weighted by molar-refractivity contribution is -0.215. The van der Waals surface area contributed by atoms with Crippen molar-refractivity contribution in [3.05, 3.63) is 22.8 Å². The molecule has 3 fully saturated rings. The molecule has 0 aromatic heterocycles. The molecule has 0 aromatic carbocycles. The highest BCUT2D eigenvalue weighted by Crippen LogP contribution is 2.63. The van der Waals surface area contributed by atoms with Crippen LogP contribution in [0.2, 0.25) is 0 Å². The third-order valence-electron chi connectivity index (χ3n) is 7.13. The van der Waals surface area contributed by atoms with E-state index in [1.165, 1.54) is 0 Å². The van der Waals surface area contributed by atoms with Crippen LogP contribution in [0.15, 0.2) is 22.8 Å². The zero-order chi connectivity index (χ0) is 18.9. The second kappa shape index (κ2) is 5.67. The number of ether oxygens (including phenoxy) is 3.